The number of nitrogens with zero attached hydrogens (tertiary/aromatic N) is 4. The largest absolute Gasteiger partial charge is 0.384 e. The molecule has 8 nitrogen and oxygen atoms in total. The van der Waals surface area contributed by atoms with Crippen molar-refractivity contribution < 1.29 is 9.59 Å². The number of rotatable bonds is 7. The molecule has 0 bridgehead atoms. The molecule has 40 heavy (non-hydrogen) atoms. The average molecular weight is 569 g/mol. The van der Waals surface area contributed by atoms with Crippen molar-refractivity contribution in [2.45, 2.75) is 37.4 Å². The second kappa shape index (κ2) is 11.9. The highest BCUT2D eigenvalue weighted by Gasteiger charge is 2.39. The summed E-state index contributed by atoms with van der Waals surface area (Å²) in [5.74, 6) is -0.251. The van der Waals surface area contributed by atoms with Crippen LogP contribution in [0.4, 0.5) is 10.8 Å². The van der Waals surface area contributed by atoms with Gasteiger partial charge in [0.2, 0.25) is 11.0 Å². The Bertz CT molecular complexity index is 1600. The lowest BCUT2D eigenvalue weighted by molar-refractivity contribution is -0.116. The molecule has 0 radical (unpaired) electrons. The minimum atomic E-state index is -0.528. The van der Waals surface area contributed by atoms with E-state index < -0.39 is 5.92 Å². The first kappa shape index (κ1) is 27.4. The van der Waals surface area contributed by atoms with Crippen molar-refractivity contribution in [3.05, 3.63) is 94.0 Å². The number of Topliss-reactive ketones (excluding diaryl/α,β-unsaturated/α-hetero) is 1. The zero-order chi connectivity index (χ0) is 28.2. The zero-order valence-corrected chi connectivity index (χ0v) is 23.8. The average Bonchev–Trinajstić information content (AvgIpc) is 3.41. The summed E-state index contributed by atoms with van der Waals surface area (Å²) in [5.41, 5.74) is 12.1. The van der Waals surface area contributed by atoms with Crippen molar-refractivity contribution in [2.24, 2.45) is 11.7 Å². The molecule has 2 heterocycles. The molecule has 3 N–H and O–H groups in total. The standard InChI is InChI=1S/C30H28N6O2S2/c1-18-11-14-23(19(2)15-18)33-26(38)17-39-30-35-34-29(40-30)36-24-9-6-10-25(37)27(24)21(22(16-31)28(36)32)13-12-20-7-4-3-5-8-20/h3-5,7-8,11-15,21H,6,9-10,17,32H2,1-2H3,(H,33,38)/b13-12+. The van der Waals surface area contributed by atoms with E-state index in [-0.39, 0.29) is 23.3 Å². The number of nitriles is 1. The Kier molecular flexibility index (Phi) is 8.14. The van der Waals surface area contributed by atoms with E-state index in [1.807, 2.05) is 74.5 Å². The Labute approximate surface area is 241 Å². The van der Waals surface area contributed by atoms with Gasteiger partial charge < -0.3 is 11.1 Å². The van der Waals surface area contributed by atoms with Gasteiger partial charge in [-0.05, 0) is 43.9 Å². The molecule has 1 atom stereocenters. The molecule has 10 heteroatoms. The van der Waals surface area contributed by atoms with Gasteiger partial charge in [0.15, 0.2) is 10.1 Å². The van der Waals surface area contributed by atoms with E-state index in [1.54, 1.807) is 4.90 Å². The molecule has 2 aliphatic rings. The molecule has 0 saturated heterocycles. The summed E-state index contributed by atoms with van der Waals surface area (Å²) >= 11 is 2.55. The molecular weight excluding hydrogens is 541 g/mol. The number of amides is 1. The molecule has 0 spiro atoms. The van der Waals surface area contributed by atoms with Crippen LogP contribution in [-0.2, 0) is 9.59 Å². The highest BCUT2D eigenvalue weighted by molar-refractivity contribution is 8.01. The van der Waals surface area contributed by atoms with E-state index in [1.165, 1.54) is 23.1 Å². The lowest BCUT2D eigenvalue weighted by atomic mass is 9.79. The van der Waals surface area contributed by atoms with Gasteiger partial charge in [-0.3, -0.25) is 14.5 Å². The van der Waals surface area contributed by atoms with Gasteiger partial charge in [-0.15, -0.1) is 10.2 Å². The second-order valence-corrected chi connectivity index (χ2v) is 11.8. The summed E-state index contributed by atoms with van der Waals surface area (Å²) in [6, 6.07) is 17.9. The molecule has 1 aromatic heterocycles. The fraction of sp³-hybridized carbons (Fsp3) is 0.233. The molecular formula is C30H28N6O2S2. The van der Waals surface area contributed by atoms with E-state index in [9.17, 15) is 14.9 Å². The molecule has 2 aromatic carbocycles. The topological polar surface area (TPSA) is 125 Å². The van der Waals surface area contributed by atoms with Crippen molar-refractivity contribution in [3.8, 4) is 6.07 Å². The number of thioether (sulfide) groups is 1. The maximum atomic E-state index is 13.2. The van der Waals surface area contributed by atoms with Crippen LogP contribution < -0.4 is 16.0 Å². The number of hydrogen-bond donors (Lipinski definition) is 2. The maximum absolute atomic E-state index is 13.2. The third-order valence-corrected chi connectivity index (χ3v) is 8.85. The van der Waals surface area contributed by atoms with Crippen LogP contribution in [0.3, 0.4) is 0 Å². The van der Waals surface area contributed by atoms with Crippen molar-refractivity contribution in [2.75, 3.05) is 16.0 Å². The quantitative estimate of drug-likeness (QED) is 0.346. The first-order chi connectivity index (χ1) is 19.4. The van der Waals surface area contributed by atoms with Crippen LogP contribution in [0.25, 0.3) is 6.08 Å². The Balaban J connectivity index is 1.38. The molecule has 1 unspecified atom stereocenters. The van der Waals surface area contributed by atoms with Crippen molar-refractivity contribution in [3.63, 3.8) is 0 Å². The zero-order valence-electron chi connectivity index (χ0n) is 22.2. The number of nitrogens with one attached hydrogen (secondary N) is 1. The lowest BCUT2D eigenvalue weighted by Crippen LogP contribution is -2.39. The molecule has 1 amide bonds. The SMILES string of the molecule is Cc1ccc(NC(=O)CSc2nnc(N3C(N)=C(C#N)C(/C=C/c4ccccc4)C4=C3CCCC4=O)s2)c(C)c1. The van der Waals surface area contributed by atoms with Gasteiger partial charge in [-0.2, -0.15) is 5.26 Å². The number of aryl methyl sites for hydroxylation is 2. The van der Waals surface area contributed by atoms with Gasteiger partial charge >= 0.3 is 0 Å². The monoisotopic (exact) mass is 568 g/mol. The second-order valence-electron chi connectivity index (χ2n) is 9.64. The van der Waals surface area contributed by atoms with Crippen molar-refractivity contribution in [1.29, 1.82) is 5.26 Å². The van der Waals surface area contributed by atoms with Crippen molar-refractivity contribution >= 4 is 51.7 Å². The summed E-state index contributed by atoms with van der Waals surface area (Å²) in [5, 5.41) is 22.1. The fourth-order valence-corrected chi connectivity index (χ4v) is 6.61. The van der Waals surface area contributed by atoms with Crippen LogP contribution >= 0.6 is 23.1 Å². The van der Waals surface area contributed by atoms with Crippen LogP contribution in [0.2, 0.25) is 0 Å². The number of anilines is 2. The lowest BCUT2D eigenvalue weighted by Gasteiger charge is -2.37. The van der Waals surface area contributed by atoms with Gasteiger partial charge in [0, 0.05) is 29.3 Å². The molecule has 1 aliphatic heterocycles. The number of benzene rings is 2. The predicted molar refractivity (Wildman–Crippen MR) is 159 cm³/mol. The minimum absolute atomic E-state index is 0.0106. The highest BCUT2D eigenvalue weighted by atomic mass is 32.2. The molecule has 5 rings (SSSR count). The number of aromatic nitrogens is 2. The third-order valence-electron chi connectivity index (χ3n) is 6.81. The molecule has 0 saturated carbocycles. The van der Waals surface area contributed by atoms with Crippen LogP contribution in [0.5, 0.6) is 0 Å². The Morgan fingerprint density at radius 2 is 2.02 bits per heavy atom. The van der Waals surface area contributed by atoms with E-state index in [4.69, 9.17) is 5.73 Å². The van der Waals surface area contributed by atoms with E-state index in [0.717, 1.165) is 28.1 Å². The first-order valence-electron chi connectivity index (χ1n) is 12.9. The third kappa shape index (κ3) is 5.71. The van der Waals surface area contributed by atoms with Gasteiger partial charge in [-0.25, -0.2) is 0 Å². The summed E-state index contributed by atoms with van der Waals surface area (Å²) in [6.45, 7) is 3.97. The van der Waals surface area contributed by atoms with Crippen LogP contribution in [0.1, 0.15) is 36.0 Å². The summed E-state index contributed by atoms with van der Waals surface area (Å²) < 4.78 is 0.590. The number of allylic oxidation sites excluding steroid dienone is 4. The summed E-state index contributed by atoms with van der Waals surface area (Å²) in [4.78, 5) is 27.5. The Morgan fingerprint density at radius 3 is 2.77 bits per heavy atom. The van der Waals surface area contributed by atoms with Gasteiger partial charge in [-0.1, -0.05) is 83.3 Å². The summed E-state index contributed by atoms with van der Waals surface area (Å²) in [6.07, 6.45) is 5.55. The number of nitrogens with two attached hydrogens (primary N) is 1. The summed E-state index contributed by atoms with van der Waals surface area (Å²) in [7, 11) is 0. The Hall–Kier alpha value is -4.20. The minimum Gasteiger partial charge on any atom is -0.384 e. The predicted octanol–water partition coefficient (Wildman–Crippen LogP) is 5.74. The number of carbonyl (C=O) groups excluding carboxylic acids is 2. The van der Waals surface area contributed by atoms with Crippen molar-refractivity contribution in [1.82, 2.24) is 10.2 Å². The molecule has 0 fully saturated rings. The first-order valence-corrected chi connectivity index (χ1v) is 14.7. The van der Waals surface area contributed by atoms with Crippen LogP contribution in [0, 0.1) is 31.1 Å². The number of hydrogen-bond acceptors (Lipinski definition) is 9. The highest BCUT2D eigenvalue weighted by Crippen LogP contribution is 2.44. The van der Waals surface area contributed by atoms with Gasteiger partial charge in [0.1, 0.15) is 5.82 Å². The molecule has 202 valence electrons. The van der Waals surface area contributed by atoms with E-state index in [0.29, 0.717) is 39.9 Å². The van der Waals surface area contributed by atoms with E-state index >= 15 is 0 Å². The van der Waals surface area contributed by atoms with E-state index in [2.05, 4.69) is 21.6 Å². The van der Waals surface area contributed by atoms with Gasteiger partial charge in [0.05, 0.1) is 17.4 Å². The fourth-order valence-electron chi connectivity index (χ4n) is 4.93. The molecule has 3 aromatic rings. The molecule has 1 aliphatic carbocycles. The Morgan fingerprint density at radius 1 is 1.23 bits per heavy atom. The van der Waals surface area contributed by atoms with Crippen LogP contribution in [0.15, 0.2) is 81.6 Å². The normalized spacial score (nSPS) is 17.3. The number of carbonyl (C=O) groups is 2. The van der Waals surface area contributed by atoms with Crippen LogP contribution in [-0.4, -0.2) is 27.6 Å². The maximum Gasteiger partial charge on any atom is 0.234 e. The smallest absolute Gasteiger partial charge is 0.234 e. The number of ketones is 1. The van der Waals surface area contributed by atoms with Gasteiger partial charge in [0.25, 0.3) is 0 Å².